The highest BCUT2D eigenvalue weighted by Gasteiger charge is 2.02. The van der Waals surface area contributed by atoms with Crippen molar-refractivity contribution >= 4 is 0 Å². The highest BCUT2D eigenvalue weighted by molar-refractivity contribution is 5.29. The summed E-state index contributed by atoms with van der Waals surface area (Å²) in [6.45, 7) is 4.77. The Morgan fingerprint density at radius 1 is 1.06 bits per heavy atom. The summed E-state index contributed by atoms with van der Waals surface area (Å²) >= 11 is 0. The molecule has 0 saturated heterocycles. The molecular weight excluding hydrogens is 215 g/mol. The summed E-state index contributed by atoms with van der Waals surface area (Å²) in [5.41, 5.74) is 1.03. The third kappa shape index (κ3) is 5.71. The summed E-state index contributed by atoms with van der Waals surface area (Å²) in [6, 6.07) is 4.98. The number of aryl methyl sites for hydroxylation is 1. The van der Waals surface area contributed by atoms with E-state index in [0.717, 1.165) is 12.0 Å². The van der Waals surface area contributed by atoms with Crippen LogP contribution in [0.3, 0.4) is 0 Å². The van der Waals surface area contributed by atoms with Crippen LogP contribution in [0.1, 0.15) is 51.0 Å². The second-order valence-electron chi connectivity index (χ2n) is 4.55. The lowest BCUT2D eigenvalue weighted by Crippen LogP contribution is -1.99. The summed E-state index contributed by atoms with van der Waals surface area (Å²) in [7, 11) is 0. The van der Waals surface area contributed by atoms with E-state index in [4.69, 9.17) is 4.74 Å². The number of unbranched alkanes of at least 4 members (excludes halogenated alkanes) is 5. The number of hydrogen-bond acceptors (Lipinski definition) is 1. The summed E-state index contributed by atoms with van der Waals surface area (Å²) in [4.78, 5) is 0. The molecule has 0 bridgehead atoms. The smallest absolute Gasteiger partial charge is 0.165 e. The van der Waals surface area contributed by atoms with E-state index in [0.29, 0.717) is 12.4 Å². The second kappa shape index (κ2) is 8.10. The van der Waals surface area contributed by atoms with Gasteiger partial charge in [-0.1, -0.05) is 45.1 Å². The lowest BCUT2D eigenvalue weighted by atomic mass is 10.1. The van der Waals surface area contributed by atoms with E-state index < -0.39 is 0 Å². The molecule has 0 aliphatic rings. The lowest BCUT2D eigenvalue weighted by molar-refractivity contribution is 0.290. The van der Waals surface area contributed by atoms with Crippen molar-refractivity contribution in [2.45, 2.75) is 52.4 Å². The maximum atomic E-state index is 13.3. The van der Waals surface area contributed by atoms with Gasteiger partial charge in [0.25, 0.3) is 0 Å². The summed E-state index contributed by atoms with van der Waals surface area (Å²) in [5.74, 6) is 0.125. The normalized spacial score (nSPS) is 10.5. The third-order valence-corrected chi connectivity index (χ3v) is 2.84. The molecule has 0 heterocycles. The molecule has 0 unspecified atom stereocenters. The Morgan fingerprint density at radius 2 is 1.76 bits per heavy atom. The minimum Gasteiger partial charge on any atom is -0.491 e. The van der Waals surface area contributed by atoms with Gasteiger partial charge in [-0.2, -0.15) is 0 Å². The number of halogens is 1. The van der Waals surface area contributed by atoms with Gasteiger partial charge in [0.2, 0.25) is 0 Å². The molecule has 1 aromatic rings. The molecule has 0 saturated carbocycles. The number of ether oxygens (including phenoxy) is 1. The quantitative estimate of drug-likeness (QED) is 0.587. The molecule has 0 radical (unpaired) electrons. The summed E-state index contributed by atoms with van der Waals surface area (Å²) < 4.78 is 18.8. The highest BCUT2D eigenvalue weighted by atomic mass is 19.1. The fraction of sp³-hybridized carbons (Fsp3) is 0.600. The van der Waals surface area contributed by atoms with Gasteiger partial charge in [0.1, 0.15) is 0 Å². The van der Waals surface area contributed by atoms with Crippen molar-refractivity contribution in [2.24, 2.45) is 0 Å². The monoisotopic (exact) mass is 238 g/mol. The number of hydrogen-bond donors (Lipinski definition) is 0. The zero-order valence-electron chi connectivity index (χ0n) is 11.0. The topological polar surface area (TPSA) is 9.23 Å². The van der Waals surface area contributed by atoms with Crippen molar-refractivity contribution in [1.29, 1.82) is 0 Å². The van der Waals surface area contributed by atoms with Crippen molar-refractivity contribution in [3.05, 3.63) is 29.6 Å². The fourth-order valence-electron chi connectivity index (χ4n) is 1.79. The van der Waals surface area contributed by atoms with Crippen molar-refractivity contribution in [3.8, 4) is 5.75 Å². The Labute approximate surface area is 104 Å². The Morgan fingerprint density at radius 3 is 2.53 bits per heavy atom. The first kappa shape index (κ1) is 14.0. The minimum atomic E-state index is -0.262. The SMILES string of the molecule is CCCCCCCCOc1cc(C)ccc1F. The Kier molecular flexibility index (Phi) is 6.68. The first-order valence-electron chi connectivity index (χ1n) is 6.63. The van der Waals surface area contributed by atoms with Crippen LogP contribution in [0, 0.1) is 12.7 Å². The van der Waals surface area contributed by atoms with E-state index >= 15 is 0 Å². The fourth-order valence-corrected chi connectivity index (χ4v) is 1.79. The van der Waals surface area contributed by atoms with Crippen molar-refractivity contribution < 1.29 is 9.13 Å². The van der Waals surface area contributed by atoms with Crippen LogP contribution in [0.2, 0.25) is 0 Å². The third-order valence-electron chi connectivity index (χ3n) is 2.84. The largest absolute Gasteiger partial charge is 0.491 e. The van der Waals surface area contributed by atoms with E-state index in [9.17, 15) is 4.39 Å². The van der Waals surface area contributed by atoms with E-state index in [1.165, 1.54) is 38.2 Å². The molecular formula is C15H23FO. The molecule has 0 fully saturated rings. The summed E-state index contributed by atoms with van der Waals surface area (Å²) in [6.07, 6.45) is 7.33. The van der Waals surface area contributed by atoms with E-state index in [1.54, 1.807) is 12.1 Å². The van der Waals surface area contributed by atoms with Crippen molar-refractivity contribution in [1.82, 2.24) is 0 Å². The molecule has 17 heavy (non-hydrogen) atoms. The Balaban J connectivity index is 2.15. The van der Waals surface area contributed by atoms with Crippen LogP contribution in [0.25, 0.3) is 0 Å². The van der Waals surface area contributed by atoms with Gasteiger partial charge in [0, 0.05) is 0 Å². The van der Waals surface area contributed by atoms with Gasteiger partial charge in [0.15, 0.2) is 11.6 Å². The van der Waals surface area contributed by atoms with Crippen LogP contribution in [-0.2, 0) is 0 Å². The zero-order valence-corrected chi connectivity index (χ0v) is 11.0. The Hall–Kier alpha value is -1.05. The molecule has 0 amide bonds. The molecule has 0 spiro atoms. The van der Waals surface area contributed by atoms with Gasteiger partial charge in [-0.05, 0) is 31.0 Å². The molecule has 2 heteroatoms. The molecule has 0 aliphatic heterocycles. The maximum Gasteiger partial charge on any atom is 0.165 e. The van der Waals surface area contributed by atoms with E-state index in [-0.39, 0.29) is 5.82 Å². The summed E-state index contributed by atoms with van der Waals surface area (Å²) in [5, 5.41) is 0. The molecule has 1 nitrogen and oxygen atoms in total. The van der Waals surface area contributed by atoms with Gasteiger partial charge < -0.3 is 4.74 Å². The molecule has 1 rings (SSSR count). The maximum absolute atomic E-state index is 13.3. The predicted molar refractivity (Wildman–Crippen MR) is 70.0 cm³/mol. The van der Waals surface area contributed by atoms with Gasteiger partial charge >= 0.3 is 0 Å². The van der Waals surface area contributed by atoms with Crippen LogP contribution in [0.15, 0.2) is 18.2 Å². The van der Waals surface area contributed by atoms with Gasteiger partial charge in [-0.3, -0.25) is 0 Å². The molecule has 0 aliphatic carbocycles. The van der Waals surface area contributed by atoms with Crippen molar-refractivity contribution in [2.75, 3.05) is 6.61 Å². The zero-order chi connectivity index (χ0) is 12.5. The lowest BCUT2D eigenvalue weighted by Gasteiger charge is -2.07. The van der Waals surface area contributed by atoms with E-state index in [1.807, 2.05) is 6.92 Å². The average molecular weight is 238 g/mol. The standard InChI is InChI=1S/C15H23FO/c1-3-4-5-6-7-8-11-17-15-12-13(2)9-10-14(15)16/h9-10,12H,3-8,11H2,1-2H3. The van der Waals surface area contributed by atoms with Crippen LogP contribution >= 0.6 is 0 Å². The van der Waals surface area contributed by atoms with Gasteiger partial charge in [-0.25, -0.2) is 4.39 Å². The van der Waals surface area contributed by atoms with Crippen molar-refractivity contribution in [3.63, 3.8) is 0 Å². The van der Waals surface area contributed by atoms with Gasteiger partial charge in [0.05, 0.1) is 6.61 Å². The van der Waals surface area contributed by atoms with Crippen LogP contribution in [-0.4, -0.2) is 6.61 Å². The molecule has 96 valence electrons. The molecule has 0 N–H and O–H groups in total. The molecule has 0 aromatic heterocycles. The first-order valence-corrected chi connectivity index (χ1v) is 6.63. The minimum absolute atomic E-state index is 0.262. The second-order valence-corrected chi connectivity index (χ2v) is 4.55. The average Bonchev–Trinajstić information content (AvgIpc) is 2.32. The Bertz CT molecular complexity index is 323. The number of rotatable bonds is 8. The highest BCUT2D eigenvalue weighted by Crippen LogP contribution is 2.18. The van der Waals surface area contributed by atoms with Crippen LogP contribution in [0.4, 0.5) is 4.39 Å². The predicted octanol–water partition coefficient (Wildman–Crippen LogP) is 4.87. The van der Waals surface area contributed by atoms with Crippen LogP contribution in [0.5, 0.6) is 5.75 Å². The van der Waals surface area contributed by atoms with E-state index in [2.05, 4.69) is 6.92 Å². The number of benzene rings is 1. The molecule has 1 aromatic carbocycles. The van der Waals surface area contributed by atoms with Gasteiger partial charge in [-0.15, -0.1) is 0 Å². The first-order chi connectivity index (χ1) is 8.24. The molecule has 0 atom stereocenters. The van der Waals surface area contributed by atoms with Crippen LogP contribution < -0.4 is 4.74 Å².